The van der Waals surface area contributed by atoms with E-state index in [1.54, 1.807) is 31.2 Å². The van der Waals surface area contributed by atoms with Crippen LogP contribution >= 0.6 is 0 Å². The number of nitrogens with one attached hydrogen (secondary N) is 1. The van der Waals surface area contributed by atoms with Gasteiger partial charge in [-0.15, -0.1) is 0 Å². The first kappa shape index (κ1) is 20.5. The number of amides is 1. The highest BCUT2D eigenvalue weighted by Crippen LogP contribution is 2.25. The average molecular weight is 402 g/mol. The predicted molar refractivity (Wildman–Crippen MR) is 111 cm³/mol. The number of anilines is 1. The van der Waals surface area contributed by atoms with Crippen LogP contribution in [0.4, 0.5) is 5.69 Å². The van der Waals surface area contributed by atoms with E-state index in [0.717, 1.165) is 11.1 Å². The number of carbonyl (C=O) groups excluding carboxylic acids is 1. The Morgan fingerprint density at radius 1 is 0.893 bits per heavy atom. The number of benzene rings is 2. The second-order valence-corrected chi connectivity index (χ2v) is 9.35. The standard InChI is InChI=1S/C21H27N3O3S/c1-15-5-7-18(13-17(15)3)21(25)22-19-8-6-16(2)20(14-19)28(26,27)24-11-9-23(4)10-12-24/h5-8,13-14H,9-12H2,1-4H3,(H,22,25). The summed E-state index contributed by atoms with van der Waals surface area (Å²) in [5.41, 5.74) is 3.85. The number of rotatable bonds is 4. The minimum Gasteiger partial charge on any atom is -0.322 e. The SMILES string of the molecule is Cc1ccc(C(=O)Nc2ccc(C)c(S(=O)(=O)N3CCN(C)CC3)c2)cc1C. The Hall–Kier alpha value is -2.22. The molecule has 0 atom stereocenters. The third kappa shape index (κ3) is 4.27. The first-order valence-corrected chi connectivity index (χ1v) is 10.8. The Kier molecular flexibility index (Phi) is 5.88. The Morgan fingerprint density at radius 2 is 1.54 bits per heavy atom. The second-order valence-electron chi connectivity index (χ2n) is 7.44. The van der Waals surface area contributed by atoms with Gasteiger partial charge in [0.1, 0.15) is 0 Å². The van der Waals surface area contributed by atoms with Crippen LogP contribution in [0, 0.1) is 20.8 Å². The van der Waals surface area contributed by atoms with Gasteiger partial charge in [0, 0.05) is 37.4 Å². The molecular formula is C21H27N3O3S. The lowest BCUT2D eigenvalue weighted by Crippen LogP contribution is -2.47. The van der Waals surface area contributed by atoms with Crippen molar-refractivity contribution in [2.24, 2.45) is 0 Å². The molecule has 0 saturated carbocycles. The Labute approximate surface area is 167 Å². The summed E-state index contributed by atoms with van der Waals surface area (Å²) in [6.07, 6.45) is 0. The lowest BCUT2D eigenvalue weighted by molar-refractivity contribution is 0.102. The zero-order valence-electron chi connectivity index (χ0n) is 16.8. The first-order valence-electron chi connectivity index (χ1n) is 9.36. The van der Waals surface area contributed by atoms with E-state index in [1.807, 2.05) is 33.0 Å². The van der Waals surface area contributed by atoms with Crippen LogP contribution in [0.25, 0.3) is 0 Å². The number of hydrogen-bond donors (Lipinski definition) is 1. The quantitative estimate of drug-likeness (QED) is 0.855. The van der Waals surface area contributed by atoms with Gasteiger partial charge in [0.25, 0.3) is 5.91 Å². The molecule has 0 aromatic heterocycles. The van der Waals surface area contributed by atoms with Crippen LogP contribution in [0.2, 0.25) is 0 Å². The topological polar surface area (TPSA) is 69.7 Å². The molecule has 0 radical (unpaired) electrons. The van der Waals surface area contributed by atoms with Gasteiger partial charge in [0.15, 0.2) is 0 Å². The smallest absolute Gasteiger partial charge is 0.255 e. The minimum atomic E-state index is -3.60. The molecule has 1 aliphatic heterocycles. The molecule has 3 rings (SSSR count). The fourth-order valence-corrected chi connectivity index (χ4v) is 4.88. The maximum absolute atomic E-state index is 13.1. The van der Waals surface area contributed by atoms with Crippen LogP contribution in [0.1, 0.15) is 27.0 Å². The van der Waals surface area contributed by atoms with Gasteiger partial charge in [-0.2, -0.15) is 4.31 Å². The molecule has 1 heterocycles. The van der Waals surface area contributed by atoms with Crippen molar-refractivity contribution in [1.29, 1.82) is 0 Å². The van der Waals surface area contributed by atoms with E-state index in [0.29, 0.717) is 43.0 Å². The second kappa shape index (κ2) is 8.03. The summed E-state index contributed by atoms with van der Waals surface area (Å²) in [5, 5.41) is 2.82. The summed E-state index contributed by atoms with van der Waals surface area (Å²) < 4.78 is 27.7. The molecule has 0 unspecified atom stereocenters. The number of hydrogen-bond acceptors (Lipinski definition) is 4. The van der Waals surface area contributed by atoms with E-state index >= 15 is 0 Å². The van der Waals surface area contributed by atoms with E-state index in [2.05, 4.69) is 10.2 Å². The van der Waals surface area contributed by atoms with Gasteiger partial charge >= 0.3 is 0 Å². The number of sulfonamides is 1. The lowest BCUT2D eigenvalue weighted by Gasteiger charge is -2.32. The fraction of sp³-hybridized carbons (Fsp3) is 0.381. The van der Waals surface area contributed by atoms with Crippen molar-refractivity contribution < 1.29 is 13.2 Å². The van der Waals surface area contributed by atoms with Gasteiger partial charge in [-0.1, -0.05) is 12.1 Å². The molecule has 28 heavy (non-hydrogen) atoms. The number of nitrogens with zero attached hydrogens (tertiary/aromatic N) is 2. The summed E-state index contributed by atoms with van der Waals surface area (Å²) in [5.74, 6) is -0.255. The molecule has 1 N–H and O–H groups in total. The van der Waals surface area contributed by atoms with E-state index < -0.39 is 10.0 Å². The molecule has 0 aliphatic carbocycles. The predicted octanol–water partition coefficient (Wildman–Crippen LogP) is 2.80. The van der Waals surface area contributed by atoms with E-state index in [-0.39, 0.29) is 10.8 Å². The van der Waals surface area contributed by atoms with Gasteiger partial charge < -0.3 is 10.2 Å². The van der Waals surface area contributed by atoms with Crippen LogP contribution in [0.3, 0.4) is 0 Å². The minimum absolute atomic E-state index is 0.245. The highest BCUT2D eigenvalue weighted by atomic mass is 32.2. The van der Waals surface area contributed by atoms with Crippen molar-refractivity contribution in [3.05, 3.63) is 58.7 Å². The van der Waals surface area contributed by atoms with Gasteiger partial charge in [-0.3, -0.25) is 4.79 Å². The van der Waals surface area contributed by atoms with Crippen molar-refractivity contribution in [2.75, 3.05) is 38.5 Å². The molecule has 2 aromatic carbocycles. The molecule has 1 fully saturated rings. The molecule has 150 valence electrons. The first-order chi connectivity index (χ1) is 13.2. The molecule has 1 amide bonds. The molecular weight excluding hydrogens is 374 g/mol. The maximum atomic E-state index is 13.1. The van der Waals surface area contributed by atoms with E-state index in [9.17, 15) is 13.2 Å². The average Bonchev–Trinajstić information content (AvgIpc) is 2.65. The zero-order chi connectivity index (χ0) is 20.5. The third-order valence-electron chi connectivity index (χ3n) is 5.30. The highest BCUT2D eigenvalue weighted by molar-refractivity contribution is 7.89. The summed E-state index contributed by atoms with van der Waals surface area (Å²) in [6.45, 7) is 8.08. The molecule has 7 heteroatoms. The molecule has 0 spiro atoms. The fourth-order valence-electron chi connectivity index (χ4n) is 3.21. The number of likely N-dealkylation sites (N-methyl/N-ethyl adjacent to an activating group) is 1. The molecule has 6 nitrogen and oxygen atoms in total. The van der Waals surface area contributed by atoms with Crippen LogP contribution < -0.4 is 5.32 Å². The molecule has 1 aliphatic rings. The van der Waals surface area contributed by atoms with E-state index in [4.69, 9.17) is 0 Å². The van der Waals surface area contributed by atoms with Crippen molar-refractivity contribution >= 4 is 21.6 Å². The van der Waals surface area contributed by atoms with Crippen LogP contribution in [0.15, 0.2) is 41.3 Å². The van der Waals surface area contributed by atoms with Crippen molar-refractivity contribution in [3.8, 4) is 0 Å². The van der Waals surface area contributed by atoms with Crippen molar-refractivity contribution in [1.82, 2.24) is 9.21 Å². The molecule has 0 bridgehead atoms. The number of aryl methyl sites for hydroxylation is 3. The summed E-state index contributed by atoms with van der Waals surface area (Å²) in [7, 11) is -1.61. The maximum Gasteiger partial charge on any atom is 0.255 e. The molecule has 2 aromatic rings. The number of piperazine rings is 1. The van der Waals surface area contributed by atoms with Crippen LogP contribution in [-0.4, -0.2) is 56.8 Å². The van der Waals surface area contributed by atoms with Gasteiger partial charge in [0.2, 0.25) is 10.0 Å². The van der Waals surface area contributed by atoms with Gasteiger partial charge in [-0.05, 0) is 68.8 Å². The van der Waals surface area contributed by atoms with Crippen LogP contribution in [-0.2, 0) is 10.0 Å². The third-order valence-corrected chi connectivity index (χ3v) is 7.34. The van der Waals surface area contributed by atoms with Crippen LogP contribution in [0.5, 0.6) is 0 Å². The zero-order valence-corrected chi connectivity index (χ0v) is 17.6. The Bertz CT molecular complexity index is 994. The highest BCUT2D eigenvalue weighted by Gasteiger charge is 2.29. The largest absolute Gasteiger partial charge is 0.322 e. The summed E-state index contributed by atoms with van der Waals surface area (Å²) in [6, 6.07) is 10.5. The van der Waals surface area contributed by atoms with E-state index in [1.165, 1.54) is 4.31 Å². The Morgan fingerprint density at radius 3 is 2.18 bits per heavy atom. The van der Waals surface area contributed by atoms with Crippen molar-refractivity contribution in [2.45, 2.75) is 25.7 Å². The van der Waals surface area contributed by atoms with Gasteiger partial charge in [0.05, 0.1) is 4.90 Å². The molecule has 1 saturated heterocycles. The Balaban J connectivity index is 1.85. The monoisotopic (exact) mass is 401 g/mol. The normalized spacial score (nSPS) is 16.1. The summed E-state index contributed by atoms with van der Waals surface area (Å²) >= 11 is 0. The number of carbonyl (C=O) groups is 1. The summed E-state index contributed by atoms with van der Waals surface area (Å²) in [4.78, 5) is 14.9. The van der Waals surface area contributed by atoms with Gasteiger partial charge in [-0.25, -0.2) is 8.42 Å². The van der Waals surface area contributed by atoms with Crippen molar-refractivity contribution in [3.63, 3.8) is 0 Å². The lowest BCUT2D eigenvalue weighted by atomic mass is 10.1.